The van der Waals surface area contributed by atoms with E-state index in [1.54, 1.807) is 6.20 Å². The Morgan fingerprint density at radius 3 is 2.38 bits per heavy atom. The zero-order valence-electron chi connectivity index (χ0n) is 12.1. The molecule has 0 aliphatic heterocycles. The Bertz CT molecular complexity index is 554. The first-order valence-electron chi connectivity index (χ1n) is 7.80. The summed E-state index contributed by atoms with van der Waals surface area (Å²) in [5.74, 6) is -1.92. The zero-order chi connectivity index (χ0) is 14.8. The van der Waals surface area contributed by atoms with Crippen molar-refractivity contribution in [3.8, 4) is 0 Å². The molecule has 112 valence electrons. The Morgan fingerprint density at radius 1 is 1.05 bits per heavy atom. The van der Waals surface area contributed by atoms with Gasteiger partial charge in [-0.25, -0.2) is 0 Å². The third-order valence-electron chi connectivity index (χ3n) is 4.59. The highest BCUT2D eigenvalue weighted by Gasteiger charge is 2.37. The lowest BCUT2D eigenvalue weighted by atomic mass is 9.82. The van der Waals surface area contributed by atoms with Crippen molar-refractivity contribution in [3.05, 3.63) is 18.0 Å². The molecule has 0 N–H and O–H groups in total. The maximum Gasteiger partial charge on any atom is 0.183 e. The average Bonchev–Trinajstić information content (AvgIpc) is 2.97. The molecule has 0 bridgehead atoms. The van der Waals surface area contributed by atoms with Gasteiger partial charge in [-0.05, 0) is 19.3 Å². The van der Waals surface area contributed by atoms with E-state index in [4.69, 9.17) is 0 Å². The van der Waals surface area contributed by atoms with Crippen LogP contribution in [0.3, 0.4) is 0 Å². The van der Waals surface area contributed by atoms with E-state index in [2.05, 4.69) is 5.10 Å². The van der Waals surface area contributed by atoms with Gasteiger partial charge >= 0.3 is 0 Å². The summed E-state index contributed by atoms with van der Waals surface area (Å²) >= 11 is 0. The normalized spacial score (nSPS) is 21.7. The van der Waals surface area contributed by atoms with Crippen molar-refractivity contribution < 1.29 is 14.4 Å². The molecule has 21 heavy (non-hydrogen) atoms. The predicted octanol–water partition coefficient (Wildman–Crippen LogP) is 2.51. The van der Waals surface area contributed by atoms with Crippen LogP contribution in [0.5, 0.6) is 0 Å². The Kier molecular flexibility index (Phi) is 3.99. The molecule has 1 aromatic heterocycles. The van der Waals surface area contributed by atoms with Crippen molar-refractivity contribution in [2.75, 3.05) is 0 Å². The highest BCUT2D eigenvalue weighted by molar-refractivity contribution is 6.24. The number of hydrogen-bond donors (Lipinski definition) is 0. The van der Waals surface area contributed by atoms with Crippen LogP contribution in [0.2, 0.25) is 0 Å². The highest BCUT2D eigenvalue weighted by Crippen LogP contribution is 2.28. The summed E-state index contributed by atoms with van der Waals surface area (Å²) in [6.45, 7) is 0. The molecular formula is C16H20N2O3. The fourth-order valence-corrected chi connectivity index (χ4v) is 3.37. The summed E-state index contributed by atoms with van der Waals surface area (Å²) in [7, 11) is 0. The van der Waals surface area contributed by atoms with Crippen LogP contribution in [-0.2, 0) is 9.59 Å². The number of Topliss-reactive ketones (excluding diaryl/α,β-unsaturated/α-hetero) is 3. The maximum atomic E-state index is 12.4. The summed E-state index contributed by atoms with van der Waals surface area (Å²) < 4.78 is 1.84. The topological polar surface area (TPSA) is 69.0 Å². The molecule has 0 atom stereocenters. The maximum absolute atomic E-state index is 12.4. The first kappa shape index (κ1) is 14.2. The molecule has 0 saturated heterocycles. The zero-order valence-corrected chi connectivity index (χ0v) is 12.1. The molecule has 0 amide bonds. The molecule has 1 aromatic rings. The Labute approximate surface area is 123 Å². The van der Waals surface area contributed by atoms with E-state index < -0.39 is 5.92 Å². The molecule has 0 spiro atoms. The van der Waals surface area contributed by atoms with Crippen molar-refractivity contribution in [1.82, 2.24) is 9.78 Å². The van der Waals surface area contributed by atoms with Crippen molar-refractivity contribution in [3.63, 3.8) is 0 Å². The summed E-state index contributed by atoms with van der Waals surface area (Å²) in [6, 6.07) is 0.345. The first-order chi connectivity index (χ1) is 10.2. The Hall–Kier alpha value is -1.78. The van der Waals surface area contributed by atoms with E-state index in [1.807, 2.05) is 4.68 Å². The van der Waals surface area contributed by atoms with Crippen molar-refractivity contribution in [1.29, 1.82) is 0 Å². The largest absolute Gasteiger partial charge is 0.298 e. The van der Waals surface area contributed by atoms with Crippen LogP contribution in [0.25, 0.3) is 0 Å². The van der Waals surface area contributed by atoms with Gasteiger partial charge in [0, 0.05) is 19.0 Å². The summed E-state index contributed by atoms with van der Waals surface area (Å²) in [5, 5.41) is 4.28. The van der Waals surface area contributed by atoms with Crippen LogP contribution < -0.4 is 0 Å². The predicted molar refractivity (Wildman–Crippen MR) is 76.0 cm³/mol. The number of ketones is 3. The molecule has 3 rings (SSSR count). The molecule has 2 saturated carbocycles. The van der Waals surface area contributed by atoms with Gasteiger partial charge in [-0.2, -0.15) is 5.10 Å². The van der Waals surface area contributed by atoms with Crippen molar-refractivity contribution in [2.24, 2.45) is 5.92 Å². The molecule has 0 unspecified atom stereocenters. The van der Waals surface area contributed by atoms with Crippen LogP contribution in [-0.4, -0.2) is 27.1 Å². The minimum absolute atomic E-state index is 0.235. The molecule has 0 radical (unpaired) electrons. The lowest BCUT2D eigenvalue weighted by molar-refractivity contribution is -0.133. The first-order valence-corrected chi connectivity index (χ1v) is 7.80. The van der Waals surface area contributed by atoms with Crippen molar-refractivity contribution >= 4 is 17.3 Å². The van der Waals surface area contributed by atoms with Crippen LogP contribution >= 0.6 is 0 Å². The van der Waals surface area contributed by atoms with Crippen LogP contribution in [0.15, 0.2) is 12.4 Å². The smallest absolute Gasteiger partial charge is 0.183 e. The number of carbonyl (C=O) groups is 3. The van der Waals surface area contributed by atoms with Gasteiger partial charge in [0.25, 0.3) is 0 Å². The van der Waals surface area contributed by atoms with E-state index in [9.17, 15) is 14.4 Å². The quantitative estimate of drug-likeness (QED) is 0.633. The second-order valence-electron chi connectivity index (χ2n) is 6.08. The highest BCUT2D eigenvalue weighted by atomic mass is 16.2. The standard InChI is InChI=1S/C16H20N2O3/c19-13-7-4-8-14(20)15(13)16(21)11-9-17-18(10-11)12-5-2-1-3-6-12/h9-10,12,15H,1-8H2. The van der Waals surface area contributed by atoms with Gasteiger partial charge in [-0.1, -0.05) is 19.3 Å². The lowest BCUT2D eigenvalue weighted by Gasteiger charge is -2.21. The summed E-state index contributed by atoms with van der Waals surface area (Å²) in [6.07, 6.45) is 10.3. The molecule has 5 heteroatoms. The number of hydrogen-bond acceptors (Lipinski definition) is 4. The average molecular weight is 288 g/mol. The van der Waals surface area contributed by atoms with Gasteiger partial charge in [-0.3, -0.25) is 19.1 Å². The van der Waals surface area contributed by atoms with E-state index >= 15 is 0 Å². The van der Waals surface area contributed by atoms with E-state index in [1.165, 1.54) is 25.5 Å². The number of nitrogens with zero attached hydrogens (tertiary/aromatic N) is 2. The molecule has 5 nitrogen and oxygen atoms in total. The minimum atomic E-state index is -1.08. The summed E-state index contributed by atoms with van der Waals surface area (Å²) in [5.41, 5.74) is 0.397. The summed E-state index contributed by atoms with van der Waals surface area (Å²) in [4.78, 5) is 36.1. The second kappa shape index (κ2) is 5.92. The third kappa shape index (κ3) is 2.82. The van der Waals surface area contributed by atoms with Crippen LogP contribution in [0.4, 0.5) is 0 Å². The minimum Gasteiger partial charge on any atom is -0.298 e. The Balaban J connectivity index is 1.77. The number of aromatic nitrogens is 2. The lowest BCUT2D eigenvalue weighted by Crippen LogP contribution is -2.35. The van der Waals surface area contributed by atoms with Gasteiger partial charge in [0.15, 0.2) is 17.3 Å². The number of carbonyl (C=O) groups excluding carboxylic acids is 3. The van der Waals surface area contributed by atoms with Crippen LogP contribution in [0.1, 0.15) is 67.8 Å². The van der Waals surface area contributed by atoms with Crippen LogP contribution in [0, 0.1) is 5.92 Å². The fraction of sp³-hybridized carbons (Fsp3) is 0.625. The monoisotopic (exact) mass is 288 g/mol. The van der Waals surface area contributed by atoms with Gasteiger partial charge in [0.05, 0.1) is 17.8 Å². The van der Waals surface area contributed by atoms with Gasteiger partial charge in [0.1, 0.15) is 5.92 Å². The molecule has 2 aliphatic rings. The Morgan fingerprint density at radius 2 is 1.71 bits per heavy atom. The SMILES string of the molecule is O=C1CCCC(=O)C1C(=O)c1cnn(C2CCCCC2)c1. The van der Waals surface area contributed by atoms with E-state index in [-0.39, 0.29) is 17.3 Å². The van der Waals surface area contributed by atoms with Gasteiger partial charge in [-0.15, -0.1) is 0 Å². The molecule has 2 aliphatic carbocycles. The molecule has 0 aromatic carbocycles. The third-order valence-corrected chi connectivity index (χ3v) is 4.59. The second-order valence-corrected chi connectivity index (χ2v) is 6.08. The molecule has 2 fully saturated rings. The fourth-order valence-electron chi connectivity index (χ4n) is 3.37. The van der Waals surface area contributed by atoms with Crippen molar-refractivity contribution in [2.45, 2.75) is 57.4 Å². The number of rotatable bonds is 3. The molecular weight excluding hydrogens is 268 g/mol. The van der Waals surface area contributed by atoms with E-state index in [0.717, 1.165) is 12.8 Å². The van der Waals surface area contributed by atoms with Gasteiger partial charge < -0.3 is 0 Å². The molecule has 1 heterocycles. The van der Waals surface area contributed by atoms with Gasteiger partial charge in [0.2, 0.25) is 0 Å². The van der Waals surface area contributed by atoms with E-state index in [0.29, 0.717) is 30.9 Å².